The predicted molar refractivity (Wildman–Crippen MR) is 35.7 cm³/mol. The molecule has 10 heavy (non-hydrogen) atoms. The molecule has 0 spiro atoms. The zero-order valence-electron chi connectivity index (χ0n) is 4.98. The molecule has 0 fully saturated rings. The molecule has 0 aliphatic heterocycles. The van der Waals surface area contributed by atoms with Gasteiger partial charge in [0.15, 0.2) is 5.37 Å². The van der Waals surface area contributed by atoms with Crippen LogP contribution in [0.1, 0.15) is 0 Å². The van der Waals surface area contributed by atoms with Crippen LogP contribution in [0.4, 0.5) is 0 Å². The summed E-state index contributed by atoms with van der Waals surface area (Å²) >= 11 is 0.671. The summed E-state index contributed by atoms with van der Waals surface area (Å²) in [5.41, 5.74) is 4.96. The van der Waals surface area contributed by atoms with E-state index in [1.807, 2.05) is 0 Å². The largest absolute Gasteiger partial charge is 0.481 e. The van der Waals surface area contributed by atoms with Crippen molar-refractivity contribution in [1.82, 2.24) is 0 Å². The normalized spacial score (nSPS) is 12.5. The van der Waals surface area contributed by atoms with Crippen molar-refractivity contribution in [3.63, 3.8) is 0 Å². The lowest BCUT2D eigenvalue weighted by Crippen LogP contribution is -2.27. The van der Waals surface area contributed by atoms with Gasteiger partial charge >= 0.3 is 11.9 Å². The molecular formula is C4H7NO4S. The smallest absolute Gasteiger partial charge is 0.330 e. The minimum absolute atomic E-state index is 0.284. The van der Waals surface area contributed by atoms with Crippen LogP contribution in [0.5, 0.6) is 0 Å². The second-order valence-electron chi connectivity index (χ2n) is 1.46. The van der Waals surface area contributed by atoms with Gasteiger partial charge in [-0.1, -0.05) is 0 Å². The zero-order chi connectivity index (χ0) is 8.15. The molecule has 0 saturated heterocycles. The molecule has 0 aromatic rings. The van der Waals surface area contributed by atoms with Gasteiger partial charge in [0.05, 0.1) is 5.75 Å². The molecule has 0 radical (unpaired) electrons. The Balaban J connectivity index is 3.49. The minimum Gasteiger partial charge on any atom is -0.481 e. The third-order valence-electron chi connectivity index (χ3n) is 0.630. The second kappa shape index (κ2) is 4.13. The maximum absolute atomic E-state index is 9.97. The number of rotatable bonds is 4. The molecule has 0 heterocycles. The molecule has 0 amide bonds. The van der Waals surface area contributed by atoms with E-state index in [1.165, 1.54) is 0 Å². The van der Waals surface area contributed by atoms with E-state index in [0.717, 1.165) is 0 Å². The number of carboxylic acids is 2. The van der Waals surface area contributed by atoms with E-state index in [9.17, 15) is 9.59 Å². The lowest BCUT2D eigenvalue weighted by molar-refractivity contribution is -0.136. The quantitative estimate of drug-likeness (QED) is 0.470. The molecule has 1 unspecified atom stereocenters. The minimum atomic E-state index is -1.20. The van der Waals surface area contributed by atoms with Crippen molar-refractivity contribution >= 4 is 23.7 Å². The van der Waals surface area contributed by atoms with Gasteiger partial charge in [-0.15, -0.1) is 11.8 Å². The summed E-state index contributed by atoms with van der Waals surface area (Å²) in [4.78, 5) is 19.8. The van der Waals surface area contributed by atoms with Crippen LogP contribution in [-0.4, -0.2) is 33.3 Å². The van der Waals surface area contributed by atoms with Gasteiger partial charge in [-0.25, -0.2) is 4.79 Å². The topological polar surface area (TPSA) is 101 Å². The van der Waals surface area contributed by atoms with E-state index >= 15 is 0 Å². The third kappa shape index (κ3) is 4.16. The maximum Gasteiger partial charge on any atom is 0.330 e. The van der Waals surface area contributed by atoms with Gasteiger partial charge < -0.3 is 15.9 Å². The Morgan fingerprint density at radius 3 is 2.30 bits per heavy atom. The SMILES string of the molecule is NC(SCC(=O)O)C(=O)O. The van der Waals surface area contributed by atoms with Gasteiger partial charge in [-0.2, -0.15) is 0 Å². The average Bonchev–Trinajstić information content (AvgIpc) is 1.82. The van der Waals surface area contributed by atoms with Gasteiger partial charge in [0.25, 0.3) is 0 Å². The Kier molecular flexibility index (Phi) is 3.82. The Labute approximate surface area is 61.2 Å². The number of hydrogen-bond donors (Lipinski definition) is 3. The summed E-state index contributed by atoms with van der Waals surface area (Å²) in [5.74, 6) is -2.55. The summed E-state index contributed by atoms with van der Waals surface area (Å²) in [6.07, 6.45) is 0. The van der Waals surface area contributed by atoms with Crippen LogP contribution in [-0.2, 0) is 9.59 Å². The van der Waals surface area contributed by atoms with Crippen LogP contribution >= 0.6 is 11.8 Å². The fourth-order valence-corrected chi connectivity index (χ4v) is 0.697. The highest BCUT2D eigenvalue weighted by Gasteiger charge is 2.12. The van der Waals surface area contributed by atoms with Crippen LogP contribution in [0.15, 0.2) is 0 Å². The van der Waals surface area contributed by atoms with Crippen molar-refractivity contribution in [2.24, 2.45) is 5.73 Å². The van der Waals surface area contributed by atoms with E-state index in [-0.39, 0.29) is 5.75 Å². The number of nitrogens with two attached hydrogens (primary N) is 1. The fraction of sp³-hybridized carbons (Fsp3) is 0.500. The highest BCUT2D eigenvalue weighted by atomic mass is 32.2. The first-order valence-electron chi connectivity index (χ1n) is 2.36. The Morgan fingerprint density at radius 1 is 1.50 bits per heavy atom. The van der Waals surface area contributed by atoms with Gasteiger partial charge in [-0.05, 0) is 0 Å². The first-order chi connectivity index (χ1) is 4.54. The summed E-state index contributed by atoms with van der Waals surface area (Å²) in [6.45, 7) is 0. The first kappa shape index (κ1) is 9.25. The van der Waals surface area contributed by atoms with E-state index in [1.54, 1.807) is 0 Å². The molecule has 4 N–H and O–H groups in total. The molecule has 0 bridgehead atoms. The molecule has 6 heteroatoms. The van der Waals surface area contributed by atoms with Crippen LogP contribution in [0.3, 0.4) is 0 Å². The Morgan fingerprint density at radius 2 is 2.00 bits per heavy atom. The van der Waals surface area contributed by atoms with Crippen LogP contribution < -0.4 is 5.73 Å². The van der Waals surface area contributed by atoms with Crippen molar-refractivity contribution in [1.29, 1.82) is 0 Å². The van der Waals surface area contributed by atoms with Gasteiger partial charge in [0.1, 0.15) is 0 Å². The standard InChI is InChI=1S/C4H7NO4S/c5-3(4(8)9)10-1-2(6)7/h3H,1,5H2,(H,6,7)(H,8,9). The average molecular weight is 165 g/mol. The van der Waals surface area contributed by atoms with Crippen molar-refractivity contribution < 1.29 is 19.8 Å². The Hall–Kier alpha value is -0.750. The van der Waals surface area contributed by atoms with Crippen LogP contribution in [0.25, 0.3) is 0 Å². The predicted octanol–water partition coefficient (Wildman–Crippen LogP) is -0.826. The zero-order valence-corrected chi connectivity index (χ0v) is 5.80. The van der Waals surface area contributed by atoms with E-state index in [4.69, 9.17) is 15.9 Å². The summed E-state index contributed by atoms with van der Waals surface area (Å²) < 4.78 is 0. The lowest BCUT2D eigenvalue weighted by atomic mass is 10.7. The first-order valence-corrected chi connectivity index (χ1v) is 3.40. The van der Waals surface area contributed by atoms with E-state index in [0.29, 0.717) is 11.8 Å². The monoisotopic (exact) mass is 165 g/mol. The van der Waals surface area contributed by atoms with Gasteiger partial charge in [-0.3, -0.25) is 4.79 Å². The Bertz CT molecular complexity index is 148. The van der Waals surface area contributed by atoms with Gasteiger partial charge in [0, 0.05) is 0 Å². The molecular weight excluding hydrogens is 158 g/mol. The van der Waals surface area contributed by atoms with Crippen molar-refractivity contribution in [3.05, 3.63) is 0 Å². The van der Waals surface area contributed by atoms with E-state index < -0.39 is 17.3 Å². The molecule has 0 aliphatic rings. The van der Waals surface area contributed by atoms with Crippen molar-refractivity contribution in [3.8, 4) is 0 Å². The van der Waals surface area contributed by atoms with Crippen LogP contribution in [0.2, 0.25) is 0 Å². The summed E-state index contributed by atoms with van der Waals surface area (Å²) in [7, 11) is 0. The molecule has 0 aromatic carbocycles. The van der Waals surface area contributed by atoms with Crippen LogP contribution in [0, 0.1) is 0 Å². The maximum atomic E-state index is 9.97. The molecule has 0 rings (SSSR count). The molecule has 0 saturated carbocycles. The van der Waals surface area contributed by atoms with E-state index in [2.05, 4.69) is 0 Å². The lowest BCUT2D eigenvalue weighted by Gasteiger charge is -2.01. The highest BCUT2D eigenvalue weighted by Crippen LogP contribution is 2.03. The molecule has 0 aliphatic carbocycles. The molecule has 0 aromatic heterocycles. The number of thioether (sulfide) groups is 1. The fourth-order valence-electron chi connectivity index (χ4n) is 0.232. The number of hydrogen-bond acceptors (Lipinski definition) is 4. The van der Waals surface area contributed by atoms with Gasteiger partial charge in [0.2, 0.25) is 0 Å². The third-order valence-corrected chi connectivity index (χ3v) is 1.60. The number of carboxylic acid groups (broad SMARTS) is 2. The number of aliphatic carboxylic acids is 2. The summed E-state index contributed by atoms with van der Waals surface area (Å²) in [5, 5.41) is 15.1. The molecule has 1 atom stereocenters. The molecule has 58 valence electrons. The second-order valence-corrected chi connectivity index (χ2v) is 2.59. The van der Waals surface area contributed by atoms with Crippen molar-refractivity contribution in [2.75, 3.05) is 5.75 Å². The summed E-state index contributed by atoms with van der Waals surface area (Å²) in [6, 6.07) is 0. The van der Waals surface area contributed by atoms with Crippen molar-refractivity contribution in [2.45, 2.75) is 5.37 Å². The molecule has 5 nitrogen and oxygen atoms in total. The number of carbonyl (C=O) groups is 2. The highest BCUT2D eigenvalue weighted by molar-refractivity contribution is 8.01.